The molecule has 4 nitrogen and oxygen atoms in total. The molecule has 1 aromatic heterocycles. The first-order valence-corrected chi connectivity index (χ1v) is 5.56. The third-order valence-electron chi connectivity index (χ3n) is 1.10. The van der Waals surface area contributed by atoms with E-state index < -0.39 is 0 Å². The molecule has 0 N–H and O–H groups in total. The van der Waals surface area contributed by atoms with Gasteiger partial charge in [-0.15, -0.1) is 5.10 Å². The van der Waals surface area contributed by atoms with Crippen LogP contribution in [0.4, 0.5) is 0 Å². The molecular formula is C5H10N4S2. The van der Waals surface area contributed by atoms with Crippen molar-refractivity contribution in [1.82, 2.24) is 20.2 Å². The molecule has 0 fully saturated rings. The van der Waals surface area contributed by atoms with Crippen LogP contribution in [0, 0.1) is 0 Å². The van der Waals surface area contributed by atoms with Crippen LogP contribution in [0.25, 0.3) is 0 Å². The smallest absolute Gasteiger partial charge is 0.209 e. The van der Waals surface area contributed by atoms with Crippen molar-refractivity contribution in [2.24, 2.45) is 7.05 Å². The van der Waals surface area contributed by atoms with Crippen molar-refractivity contribution in [1.29, 1.82) is 0 Å². The van der Waals surface area contributed by atoms with Crippen LogP contribution in [0.5, 0.6) is 0 Å². The second-order valence-electron chi connectivity index (χ2n) is 1.93. The predicted molar refractivity (Wildman–Crippen MR) is 47.9 cm³/mol. The standard InChI is InChI=1S/C5H10N4S2/c1-9-5(6-7-8-9)11-4-3-10-2/h3-4H2,1-2H3. The highest BCUT2D eigenvalue weighted by Crippen LogP contribution is 2.13. The molecule has 0 saturated carbocycles. The third-order valence-corrected chi connectivity index (χ3v) is 2.98. The molecule has 1 rings (SSSR count). The van der Waals surface area contributed by atoms with Gasteiger partial charge in [0.25, 0.3) is 0 Å². The molecule has 11 heavy (non-hydrogen) atoms. The number of tetrazole rings is 1. The Morgan fingerprint density at radius 3 is 2.82 bits per heavy atom. The van der Waals surface area contributed by atoms with E-state index in [2.05, 4.69) is 21.8 Å². The summed E-state index contributed by atoms with van der Waals surface area (Å²) in [5.41, 5.74) is 0. The van der Waals surface area contributed by atoms with Crippen LogP contribution in [0.3, 0.4) is 0 Å². The lowest BCUT2D eigenvalue weighted by atomic mass is 11.0. The monoisotopic (exact) mass is 190 g/mol. The van der Waals surface area contributed by atoms with E-state index >= 15 is 0 Å². The van der Waals surface area contributed by atoms with Crippen LogP contribution in [0.2, 0.25) is 0 Å². The fourth-order valence-electron chi connectivity index (χ4n) is 0.560. The molecule has 62 valence electrons. The first kappa shape index (κ1) is 8.86. The maximum absolute atomic E-state index is 3.84. The minimum Gasteiger partial charge on any atom is -0.224 e. The summed E-state index contributed by atoms with van der Waals surface area (Å²) in [5.74, 6) is 2.20. The van der Waals surface area contributed by atoms with E-state index in [-0.39, 0.29) is 0 Å². The molecule has 0 aliphatic heterocycles. The van der Waals surface area contributed by atoms with Gasteiger partial charge in [0, 0.05) is 18.6 Å². The van der Waals surface area contributed by atoms with Crippen LogP contribution in [-0.2, 0) is 7.05 Å². The van der Waals surface area contributed by atoms with E-state index in [1.54, 1.807) is 16.4 Å². The van der Waals surface area contributed by atoms with Gasteiger partial charge in [-0.2, -0.15) is 11.8 Å². The number of thioether (sulfide) groups is 2. The largest absolute Gasteiger partial charge is 0.224 e. The lowest BCUT2D eigenvalue weighted by molar-refractivity contribution is 0.665. The summed E-state index contributed by atoms with van der Waals surface area (Å²) in [6.07, 6.45) is 2.09. The molecule has 0 aromatic carbocycles. The summed E-state index contributed by atoms with van der Waals surface area (Å²) in [6, 6.07) is 0. The van der Waals surface area contributed by atoms with E-state index in [1.165, 1.54) is 0 Å². The van der Waals surface area contributed by atoms with Gasteiger partial charge in [0.2, 0.25) is 5.16 Å². The van der Waals surface area contributed by atoms with E-state index in [4.69, 9.17) is 0 Å². The number of aromatic nitrogens is 4. The van der Waals surface area contributed by atoms with Gasteiger partial charge in [0.15, 0.2) is 0 Å². The average Bonchev–Trinajstić information content (AvgIpc) is 2.37. The summed E-state index contributed by atoms with van der Waals surface area (Å²) in [5, 5.41) is 12.0. The number of hydrogen-bond donors (Lipinski definition) is 0. The molecule has 0 atom stereocenters. The summed E-state index contributed by atoms with van der Waals surface area (Å²) < 4.78 is 1.69. The molecule has 6 heteroatoms. The van der Waals surface area contributed by atoms with Crippen LogP contribution in [0.1, 0.15) is 0 Å². The van der Waals surface area contributed by atoms with Crippen molar-refractivity contribution >= 4 is 23.5 Å². The number of aryl methyl sites for hydroxylation is 1. The summed E-state index contributed by atoms with van der Waals surface area (Å²) >= 11 is 3.51. The first-order valence-electron chi connectivity index (χ1n) is 3.18. The molecule has 0 unspecified atom stereocenters. The van der Waals surface area contributed by atoms with E-state index in [1.807, 2.05) is 18.8 Å². The van der Waals surface area contributed by atoms with Gasteiger partial charge in [0.1, 0.15) is 0 Å². The Morgan fingerprint density at radius 2 is 2.27 bits per heavy atom. The van der Waals surface area contributed by atoms with Crippen molar-refractivity contribution in [2.45, 2.75) is 5.16 Å². The number of nitrogens with zero attached hydrogens (tertiary/aromatic N) is 4. The molecule has 0 bridgehead atoms. The molecular weight excluding hydrogens is 180 g/mol. The van der Waals surface area contributed by atoms with Crippen molar-refractivity contribution in [2.75, 3.05) is 17.8 Å². The van der Waals surface area contributed by atoms with Gasteiger partial charge in [-0.1, -0.05) is 11.8 Å². The average molecular weight is 190 g/mol. The Kier molecular flexibility index (Phi) is 3.71. The molecule has 0 spiro atoms. The molecule has 1 heterocycles. The zero-order valence-corrected chi connectivity index (χ0v) is 8.15. The normalized spacial score (nSPS) is 10.4. The van der Waals surface area contributed by atoms with Gasteiger partial charge in [-0.25, -0.2) is 4.68 Å². The molecule has 0 amide bonds. The Labute approximate surface area is 74.1 Å². The van der Waals surface area contributed by atoms with Gasteiger partial charge in [0.05, 0.1) is 0 Å². The minimum absolute atomic E-state index is 0.888. The SMILES string of the molecule is CSCCSc1nnnn1C. The van der Waals surface area contributed by atoms with Crippen molar-refractivity contribution in [3.63, 3.8) is 0 Å². The Balaban J connectivity index is 2.32. The molecule has 0 radical (unpaired) electrons. The highest BCUT2D eigenvalue weighted by atomic mass is 32.2. The second-order valence-corrected chi connectivity index (χ2v) is 3.97. The van der Waals surface area contributed by atoms with Gasteiger partial charge >= 0.3 is 0 Å². The van der Waals surface area contributed by atoms with Crippen molar-refractivity contribution in [3.05, 3.63) is 0 Å². The van der Waals surface area contributed by atoms with Crippen molar-refractivity contribution < 1.29 is 0 Å². The fraction of sp³-hybridized carbons (Fsp3) is 0.800. The fourth-order valence-corrected chi connectivity index (χ4v) is 2.06. The summed E-state index contributed by atoms with van der Waals surface area (Å²) in [7, 11) is 1.85. The molecule has 0 aliphatic rings. The van der Waals surface area contributed by atoms with Crippen LogP contribution in [-0.4, -0.2) is 38.0 Å². The highest BCUT2D eigenvalue weighted by Gasteiger charge is 2.00. The van der Waals surface area contributed by atoms with Crippen molar-refractivity contribution in [3.8, 4) is 0 Å². The van der Waals surface area contributed by atoms with Gasteiger partial charge in [-0.3, -0.25) is 0 Å². The summed E-state index contributed by atoms with van der Waals surface area (Å²) in [6.45, 7) is 0. The van der Waals surface area contributed by atoms with Crippen LogP contribution >= 0.6 is 23.5 Å². The van der Waals surface area contributed by atoms with Crippen LogP contribution < -0.4 is 0 Å². The molecule has 0 saturated heterocycles. The number of rotatable bonds is 4. The number of hydrogen-bond acceptors (Lipinski definition) is 5. The molecule has 0 aliphatic carbocycles. The quantitative estimate of drug-likeness (QED) is 0.515. The lowest BCUT2D eigenvalue weighted by Crippen LogP contribution is -1.94. The highest BCUT2D eigenvalue weighted by molar-refractivity contribution is 8.02. The maximum Gasteiger partial charge on any atom is 0.209 e. The van der Waals surface area contributed by atoms with Crippen LogP contribution in [0.15, 0.2) is 5.16 Å². The van der Waals surface area contributed by atoms with Gasteiger partial charge < -0.3 is 0 Å². The second kappa shape index (κ2) is 4.61. The zero-order chi connectivity index (χ0) is 8.10. The predicted octanol–water partition coefficient (Wildman–Crippen LogP) is 0.665. The van der Waals surface area contributed by atoms with Gasteiger partial charge in [-0.05, 0) is 16.7 Å². The Morgan fingerprint density at radius 1 is 1.45 bits per heavy atom. The van der Waals surface area contributed by atoms with E-state index in [0.29, 0.717) is 0 Å². The maximum atomic E-state index is 3.84. The topological polar surface area (TPSA) is 43.6 Å². The Hall–Kier alpha value is -0.230. The summed E-state index contributed by atoms with van der Waals surface area (Å²) in [4.78, 5) is 0. The minimum atomic E-state index is 0.888. The third kappa shape index (κ3) is 2.70. The zero-order valence-electron chi connectivity index (χ0n) is 6.52. The van der Waals surface area contributed by atoms with E-state index in [9.17, 15) is 0 Å². The Bertz CT molecular complexity index is 212. The molecule has 1 aromatic rings. The first-order chi connectivity index (χ1) is 5.34. The lowest BCUT2D eigenvalue weighted by Gasteiger charge is -1.95. The van der Waals surface area contributed by atoms with E-state index in [0.717, 1.165) is 16.7 Å².